The lowest BCUT2D eigenvalue weighted by Gasteiger charge is -2.38. The molecule has 3 aromatic carbocycles. The fourth-order valence-corrected chi connectivity index (χ4v) is 5.03. The van der Waals surface area contributed by atoms with Crippen LogP contribution in [0.3, 0.4) is 0 Å². The van der Waals surface area contributed by atoms with E-state index in [4.69, 9.17) is 16.3 Å². The molecule has 0 spiro atoms. The Kier molecular flexibility index (Phi) is 6.31. The van der Waals surface area contributed by atoms with E-state index in [-0.39, 0.29) is 11.6 Å². The van der Waals surface area contributed by atoms with E-state index in [1.165, 1.54) is 0 Å². The van der Waals surface area contributed by atoms with Gasteiger partial charge in [0.25, 0.3) is 0 Å². The number of anilines is 1. The van der Waals surface area contributed by atoms with Crippen LogP contribution in [0.25, 0.3) is 0 Å². The summed E-state index contributed by atoms with van der Waals surface area (Å²) in [7, 11) is 1.60. The molecular formula is C30H26ClNO3. The molecule has 0 amide bonds. The number of halogens is 1. The molecular weight excluding hydrogens is 458 g/mol. The zero-order valence-corrected chi connectivity index (χ0v) is 20.5. The monoisotopic (exact) mass is 483 g/mol. The first-order chi connectivity index (χ1) is 17.0. The van der Waals surface area contributed by atoms with Crippen molar-refractivity contribution in [3.63, 3.8) is 0 Å². The first-order valence-electron chi connectivity index (χ1n) is 11.7. The second-order valence-electron chi connectivity index (χ2n) is 8.97. The van der Waals surface area contributed by atoms with Crippen LogP contribution in [0.2, 0.25) is 5.02 Å². The van der Waals surface area contributed by atoms with Gasteiger partial charge in [-0.25, -0.2) is 0 Å². The fourth-order valence-electron chi connectivity index (χ4n) is 4.91. The molecule has 1 heterocycles. The molecule has 0 aromatic heterocycles. The number of benzene rings is 3. The summed E-state index contributed by atoms with van der Waals surface area (Å²) in [5, 5.41) is 0.613. The molecule has 176 valence electrons. The van der Waals surface area contributed by atoms with Gasteiger partial charge in [-0.3, -0.25) is 9.59 Å². The largest absolute Gasteiger partial charge is 0.497 e. The highest BCUT2D eigenvalue weighted by molar-refractivity contribution is 6.30. The van der Waals surface area contributed by atoms with Crippen LogP contribution in [0.1, 0.15) is 46.7 Å². The van der Waals surface area contributed by atoms with Crippen molar-refractivity contribution in [3.05, 3.63) is 118 Å². The molecule has 1 aliphatic heterocycles. The van der Waals surface area contributed by atoms with Gasteiger partial charge < -0.3 is 9.64 Å². The summed E-state index contributed by atoms with van der Waals surface area (Å²) in [5.74, 6) is 0.208. The van der Waals surface area contributed by atoms with Crippen LogP contribution in [0.5, 0.6) is 5.75 Å². The number of carbonyl (C=O) groups excluding carboxylic acids is 2. The summed E-state index contributed by atoms with van der Waals surface area (Å²) in [6.07, 6.45) is 3.98. The second kappa shape index (κ2) is 9.55. The number of rotatable bonds is 5. The van der Waals surface area contributed by atoms with Gasteiger partial charge in [0.15, 0.2) is 11.6 Å². The van der Waals surface area contributed by atoms with Crippen LogP contribution < -0.4 is 9.64 Å². The lowest BCUT2D eigenvalue weighted by atomic mass is 9.74. The summed E-state index contributed by atoms with van der Waals surface area (Å²) in [6.45, 7) is 2.04. The summed E-state index contributed by atoms with van der Waals surface area (Å²) in [5.41, 5.74) is 5.76. The minimum absolute atomic E-state index is 0.0939. The van der Waals surface area contributed by atoms with Gasteiger partial charge in [0.2, 0.25) is 0 Å². The van der Waals surface area contributed by atoms with Gasteiger partial charge in [-0.2, -0.15) is 0 Å². The molecule has 35 heavy (non-hydrogen) atoms. The first kappa shape index (κ1) is 23.1. The Hall–Kier alpha value is -3.63. The number of hydrogen-bond donors (Lipinski definition) is 0. The van der Waals surface area contributed by atoms with Gasteiger partial charge in [-0.15, -0.1) is 0 Å². The van der Waals surface area contributed by atoms with Crippen LogP contribution in [0, 0.1) is 6.92 Å². The third-order valence-electron chi connectivity index (χ3n) is 6.72. The minimum Gasteiger partial charge on any atom is -0.497 e. The smallest absolute Gasteiger partial charge is 0.191 e. The van der Waals surface area contributed by atoms with E-state index in [1.54, 1.807) is 31.4 Å². The number of carbonyl (C=O) groups is 2. The van der Waals surface area contributed by atoms with E-state index in [1.807, 2.05) is 66.6 Å². The van der Waals surface area contributed by atoms with Gasteiger partial charge in [0.05, 0.1) is 7.11 Å². The molecule has 0 saturated carbocycles. The number of ether oxygens (including phenoxy) is 1. The Balaban J connectivity index is 1.70. The summed E-state index contributed by atoms with van der Waals surface area (Å²) < 4.78 is 5.27. The van der Waals surface area contributed by atoms with Crippen molar-refractivity contribution in [3.8, 4) is 5.75 Å². The number of Topliss-reactive ketones (excluding diaryl/α,β-unsaturated/α-hetero) is 2. The van der Waals surface area contributed by atoms with E-state index in [9.17, 15) is 9.59 Å². The molecule has 1 atom stereocenters. The maximum absolute atomic E-state index is 14.0. The van der Waals surface area contributed by atoms with E-state index in [0.29, 0.717) is 33.9 Å². The lowest BCUT2D eigenvalue weighted by Crippen LogP contribution is -2.34. The van der Waals surface area contributed by atoms with Gasteiger partial charge in [-0.05, 0) is 73.9 Å². The standard InChI is InChI=1S/C30H26ClNO3/c1-19-6-14-23(15-7-19)32-18-25(30(34)21-10-16-24(35-2)17-11-21)28(20-8-12-22(31)13-9-20)29-26(32)4-3-5-27(29)33/h6-18,28H,3-5H2,1-2H3. The molecule has 0 bridgehead atoms. The van der Waals surface area contributed by atoms with E-state index in [0.717, 1.165) is 35.4 Å². The molecule has 0 saturated heterocycles. The molecule has 2 aliphatic rings. The summed E-state index contributed by atoms with van der Waals surface area (Å²) in [6, 6.07) is 22.7. The Labute approximate surface area is 210 Å². The van der Waals surface area contributed by atoms with E-state index in [2.05, 4.69) is 0 Å². The second-order valence-corrected chi connectivity index (χ2v) is 9.41. The number of methoxy groups -OCH3 is 1. The van der Waals surface area contributed by atoms with Crippen LogP contribution >= 0.6 is 11.6 Å². The number of ketones is 2. The zero-order valence-electron chi connectivity index (χ0n) is 19.8. The van der Waals surface area contributed by atoms with Crippen molar-refractivity contribution >= 4 is 28.9 Å². The van der Waals surface area contributed by atoms with Crippen molar-refractivity contribution < 1.29 is 14.3 Å². The quantitative estimate of drug-likeness (QED) is 0.365. The molecule has 0 fully saturated rings. The average Bonchev–Trinajstić information content (AvgIpc) is 2.89. The van der Waals surface area contributed by atoms with Crippen molar-refractivity contribution in [1.82, 2.24) is 0 Å². The SMILES string of the molecule is COc1ccc(C(=O)C2=CN(c3ccc(C)cc3)C3=C(C(=O)CCC3)C2c2ccc(Cl)cc2)cc1. The van der Waals surface area contributed by atoms with Gasteiger partial charge >= 0.3 is 0 Å². The summed E-state index contributed by atoms with van der Waals surface area (Å²) >= 11 is 6.18. The molecule has 0 radical (unpaired) electrons. The van der Waals surface area contributed by atoms with Crippen LogP contribution in [-0.4, -0.2) is 18.7 Å². The van der Waals surface area contributed by atoms with E-state index < -0.39 is 5.92 Å². The minimum atomic E-state index is -0.452. The maximum Gasteiger partial charge on any atom is 0.191 e. The normalized spacial score (nSPS) is 17.7. The highest BCUT2D eigenvalue weighted by Crippen LogP contribution is 2.46. The molecule has 1 unspecified atom stereocenters. The fraction of sp³-hybridized carbons (Fsp3) is 0.200. The predicted octanol–water partition coefficient (Wildman–Crippen LogP) is 7.03. The third-order valence-corrected chi connectivity index (χ3v) is 6.97. The summed E-state index contributed by atoms with van der Waals surface area (Å²) in [4.78, 5) is 29.4. The third kappa shape index (κ3) is 4.42. The average molecular weight is 484 g/mol. The Morgan fingerprint density at radius 2 is 1.63 bits per heavy atom. The number of aryl methyl sites for hydroxylation is 1. The Morgan fingerprint density at radius 1 is 0.943 bits per heavy atom. The first-order valence-corrected chi connectivity index (χ1v) is 12.1. The topological polar surface area (TPSA) is 46.6 Å². The van der Waals surface area contributed by atoms with Crippen molar-refractivity contribution in [1.29, 1.82) is 0 Å². The number of nitrogens with zero attached hydrogens (tertiary/aromatic N) is 1. The van der Waals surface area contributed by atoms with Gasteiger partial charge in [-0.1, -0.05) is 41.4 Å². The van der Waals surface area contributed by atoms with Crippen LogP contribution in [-0.2, 0) is 4.79 Å². The maximum atomic E-state index is 14.0. The van der Waals surface area contributed by atoms with Crippen LogP contribution in [0.4, 0.5) is 5.69 Å². The highest BCUT2D eigenvalue weighted by Gasteiger charge is 2.39. The number of hydrogen-bond acceptors (Lipinski definition) is 4. The van der Waals surface area contributed by atoms with E-state index >= 15 is 0 Å². The predicted molar refractivity (Wildman–Crippen MR) is 139 cm³/mol. The van der Waals surface area contributed by atoms with Crippen molar-refractivity contribution in [2.75, 3.05) is 12.0 Å². The van der Waals surface area contributed by atoms with Crippen molar-refractivity contribution in [2.24, 2.45) is 0 Å². The molecule has 5 heteroatoms. The Bertz CT molecular complexity index is 1340. The molecule has 3 aromatic rings. The molecule has 1 aliphatic carbocycles. The van der Waals surface area contributed by atoms with Gasteiger partial charge in [0, 0.05) is 51.7 Å². The lowest BCUT2D eigenvalue weighted by molar-refractivity contribution is -0.116. The molecule has 5 rings (SSSR count). The number of allylic oxidation sites excluding steroid dienone is 3. The highest BCUT2D eigenvalue weighted by atomic mass is 35.5. The Morgan fingerprint density at radius 3 is 2.29 bits per heavy atom. The zero-order chi connectivity index (χ0) is 24.5. The van der Waals surface area contributed by atoms with Crippen molar-refractivity contribution in [2.45, 2.75) is 32.1 Å². The molecule has 0 N–H and O–H groups in total. The molecule has 4 nitrogen and oxygen atoms in total. The van der Waals surface area contributed by atoms with Crippen LogP contribution in [0.15, 0.2) is 95.8 Å². The van der Waals surface area contributed by atoms with Gasteiger partial charge in [0.1, 0.15) is 5.75 Å².